The Kier molecular flexibility index (Phi) is 3.99. The monoisotopic (exact) mass is 283 g/mol. The highest BCUT2D eigenvalue weighted by atomic mass is 32.2. The number of sulfonamides is 1. The molecule has 5 heteroatoms. The lowest BCUT2D eigenvalue weighted by atomic mass is 10.1. The van der Waals surface area contributed by atoms with Gasteiger partial charge in [-0.3, -0.25) is 0 Å². The van der Waals surface area contributed by atoms with Gasteiger partial charge < -0.3 is 5.11 Å². The first-order valence-corrected chi connectivity index (χ1v) is 8.02. The average molecular weight is 283 g/mol. The molecule has 19 heavy (non-hydrogen) atoms. The van der Waals surface area contributed by atoms with Crippen molar-refractivity contribution >= 4 is 10.0 Å². The Morgan fingerprint density at radius 2 is 1.79 bits per heavy atom. The van der Waals surface area contributed by atoms with Crippen molar-refractivity contribution in [2.45, 2.75) is 44.6 Å². The Bertz CT molecular complexity index is 557. The van der Waals surface area contributed by atoms with Crippen LogP contribution in [-0.2, 0) is 10.0 Å². The summed E-state index contributed by atoms with van der Waals surface area (Å²) in [4.78, 5) is 0.396. The summed E-state index contributed by atoms with van der Waals surface area (Å²) in [6.45, 7) is 6.31. The Hall–Kier alpha value is -0.910. The summed E-state index contributed by atoms with van der Waals surface area (Å²) in [5.41, 5.74) is 2.61. The standard InChI is InChI=1S/C14H21NO3S/c1-10-7-11(2)14(12(3)8-10)19(17,18)15-6-4-5-13(16)9-15/h7-8,13,16H,4-6,9H2,1-3H3. The van der Waals surface area contributed by atoms with Crippen LogP contribution in [0.4, 0.5) is 0 Å². The molecular formula is C14H21NO3S. The van der Waals surface area contributed by atoms with Gasteiger partial charge in [-0.2, -0.15) is 4.31 Å². The van der Waals surface area contributed by atoms with Gasteiger partial charge in [0.2, 0.25) is 10.0 Å². The zero-order valence-corrected chi connectivity index (χ0v) is 12.5. The third-order valence-electron chi connectivity index (χ3n) is 3.56. The molecule has 1 aromatic rings. The van der Waals surface area contributed by atoms with Crippen molar-refractivity contribution in [3.8, 4) is 0 Å². The fourth-order valence-corrected chi connectivity index (χ4v) is 4.77. The topological polar surface area (TPSA) is 57.6 Å². The molecule has 106 valence electrons. The number of benzene rings is 1. The molecule has 0 aliphatic carbocycles. The summed E-state index contributed by atoms with van der Waals surface area (Å²) in [5.74, 6) is 0. The first-order valence-electron chi connectivity index (χ1n) is 6.58. The first kappa shape index (κ1) is 14.5. The third kappa shape index (κ3) is 2.83. The van der Waals surface area contributed by atoms with E-state index in [2.05, 4.69) is 0 Å². The zero-order chi connectivity index (χ0) is 14.2. The van der Waals surface area contributed by atoms with Crippen molar-refractivity contribution in [2.75, 3.05) is 13.1 Å². The van der Waals surface area contributed by atoms with Crippen LogP contribution in [0.5, 0.6) is 0 Å². The average Bonchev–Trinajstić information content (AvgIpc) is 2.26. The Labute approximate surface area is 115 Å². The maximum absolute atomic E-state index is 12.7. The SMILES string of the molecule is Cc1cc(C)c(S(=O)(=O)N2CCCC(O)C2)c(C)c1. The molecule has 1 aliphatic heterocycles. The summed E-state index contributed by atoms with van der Waals surface area (Å²) < 4.78 is 26.8. The third-order valence-corrected chi connectivity index (χ3v) is 5.73. The molecule has 1 N–H and O–H groups in total. The summed E-state index contributed by atoms with van der Waals surface area (Å²) >= 11 is 0. The second kappa shape index (κ2) is 5.23. The van der Waals surface area contributed by atoms with Gasteiger partial charge in [0.15, 0.2) is 0 Å². The van der Waals surface area contributed by atoms with E-state index in [0.717, 1.165) is 16.7 Å². The Balaban J connectivity index is 2.45. The molecule has 0 saturated carbocycles. The van der Waals surface area contributed by atoms with Crippen molar-refractivity contribution in [1.82, 2.24) is 4.31 Å². The molecule has 0 aromatic heterocycles. The molecule has 4 nitrogen and oxygen atoms in total. The number of hydrogen-bond acceptors (Lipinski definition) is 3. The molecule has 1 heterocycles. The van der Waals surface area contributed by atoms with Gasteiger partial charge in [0, 0.05) is 13.1 Å². The van der Waals surface area contributed by atoms with E-state index < -0.39 is 16.1 Å². The summed E-state index contributed by atoms with van der Waals surface area (Å²) in [6.07, 6.45) is 0.844. The van der Waals surface area contributed by atoms with Crippen molar-refractivity contribution in [3.63, 3.8) is 0 Å². The summed E-state index contributed by atoms with van der Waals surface area (Å²) in [5, 5.41) is 9.67. The Morgan fingerprint density at radius 1 is 1.21 bits per heavy atom. The van der Waals surface area contributed by atoms with Crippen LogP contribution >= 0.6 is 0 Å². The van der Waals surface area contributed by atoms with Gasteiger partial charge in [-0.1, -0.05) is 17.7 Å². The summed E-state index contributed by atoms with van der Waals surface area (Å²) in [6, 6.07) is 3.78. The van der Waals surface area contributed by atoms with Gasteiger partial charge in [0.1, 0.15) is 0 Å². The van der Waals surface area contributed by atoms with Crippen LogP contribution in [0.25, 0.3) is 0 Å². The minimum absolute atomic E-state index is 0.203. The van der Waals surface area contributed by atoms with Crippen LogP contribution in [0.1, 0.15) is 29.5 Å². The van der Waals surface area contributed by atoms with E-state index in [1.807, 2.05) is 32.9 Å². The number of β-amino-alcohol motifs (C(OH)–C–C–N with tert-alkyl or cyclic N) is 1. The molecule has 0 amide bonds. The minimum Gasteiger partial charge on any atom is -0.392 e. The molecule has 1 fully saturated rings. The van der Waals surface area contributed by atoms with E-state index in [4.69, 9.17) is 0 Å². The second-order valence-electron chi connectivity index (χ2n) is 5.39. The van der Waals surface area contributed by atoms with Gasteiger partial charge >= 0.3 is 0 Å². The van der Waals surface area contributed by atoms with Crippen molar-refractivity contribution in [1.29, 1.82) is 0 Å². The normalized spacial score (nSPS) is 21.6. The van der Waals surface area contributed by atoms with Crippen LogP contribution < -0.4 is 0 Å². The fourth-order valence-electron chi connectivity index (χ4n) is 2.84. The van der Waals surface area contributed by atoms with E-state index in [0.29, 0.717) is 24.3 Å². The van der Waals surface area contributed by atoms with Crippen LogP contribution in [0.15, 0.2) is 17.0 Å². The molecule has 0 radical (unpaired) electrons. The minimum atomic E-state index is -3.50. The quantitative estimate of drug-likeness (QED) is 0.899. The summed E-state index contributed by atoms with van der Waals surface area (Å²) in [7, 11) is -3.50. The molecule has 0 spiro atoms. The molecule has 1 atom stereocenters. The number of nitrogens with zero attached hydrogens (tertiary/aromatic N) is 1. The highest BCUT2D eigenvalue weighted by molar-refractivity contribution is 7.89. The van der Waals surface area contributed by atoms with Crippen LogP contribution in [0.2, 0.25) is 0 Å². The second-order valence-corrected chi connectivity index (χ2v) is 7.26. The zero-order valence-electron chi connectivity index (χ0n) is 11.7. The number of aliphatic hydroxyl groups is 1. The lowest BCUT2D eigenvalue weighted by Gasteiger charge is -2.30. The van der Waals surface area contributed by atoms with E-state index in [9.17, 15) is 13.5 Å². The van der Waals surface area contributed by atoms with Crippen LogP contribution in [0, 0.1) is 20.8 Å². The first-order chi connectivity index (χ1) is 8.82. The van der Waals surface area contributed by atoms with E-state index >= 15 is 0 Å². The predicted molar refractivity (Wildman–Crippen MR) is 74.7 cm³/mol. The molecule has 1 unspecified atom stereocenters. The van der Waals surface area contributed by atoms with Gasteiger partial charge in [-0.15, -0.1) is 0 Å². The van der Waals surface area contributed by atoms with Crippen molar-refractivity contribution in [2.24, 2.45) is 0 Å². The number of rotatable bonds is 2. The molecule has 1 aromatic carbocycles. The highest BCUT2D eigenvalue weighted by Gasteiger charge is 2.31. The predicted octanol–water partition coefficient (Wildman–Crippen LogP) is 1.76. The fraction of sp³-hybridized carbons (Fsp3) is 0.571. The smallest absolute Gasteiger partial charge is 0.243 e. The maximum Gasteiger partial charge on any atom is 0.243 e. The number of hydrogen-bond donors (Lipinski definition) is 1. The van der Waals surface area contributed by atoms with E-state index in [1.54, 1.807) is 0 Å². The van der Waals surface area contributed by atoms with E-state index in [-0.39, 0.29) is 6.54 Å². The highest BCUT2D eigenvalue weighted by Crippen LogP contribution is 2.27. The molecule has 1 aliphatic rings. The van der Waals surface area contributed by atoms with Gasteiger partial charge in [-0.05, 0) is 44.7 Å². The molecule has 2 rings (SSSR count). The molecule has 1 saturated heterocycles. The van der Waals surface area contributed by atoms with Gasteiger partial charge in [0.25, 0.3) is 0 Å². The van der Waals surface area contributed by atoms with Crippen LogP contribution in [0.3, 0.4) is 0 Å². The lowest BCUT2D eigenvalue weighted by Crippen LogP contribution is -2.42. The Morgan fingerprint density at radius 3 is 2.32 bits per heavy atom. The lowest BCUT2D eigenvalue weighted by molar-refractivity contribution is 0.108. The van der Waals surface area contributed by atoms with Crippen molar-refractivity contribution < 1.29 is 13.5 Å². The van der Waals surface area contributed by atoms with Gasteiger partial charge in [0.05, 0.1) is 11.0 Å². The molecular weight excluding hydrogens is 262 g/mol. The molecule has 0 bridgehead atoms. The van der Waals surface area contributed by atoms with Gasteiger partial charge in [-0.25, -0.2) is 8.42 Å². The number of aliphatic hydroxyl groups excluding tert-OH is 1. The largest absolute Gasteiger partial charge is 0.392 e. The van der Waals surface area contributed by atoms with E-state index in [1.165, 1.54) is 4.31 Å². The number of piperidine rings is 1. The number of aryl methyl sites for hydroxylation is 3. The maximum atomic E-state index is 12.7. The van der Waals surface area contributed by atoms with Crippen molar-refractivity contribution in [3.05, 3.63) is 28.8 Å². The van der Waals surface area contributed by atoms with Crippen LogP contribution in [-0.4, -0.2) is 37.0 Å².